The highest BCUT2D eigenvalue weighted by molar-refractivity contribution is 5.97. The molecule has 25 heavy (non-hydrogen) atoms. The van der Waals surface area contributed by atoms with Gasteiger partial charge in [-0.15, -0.1) is 0 Å². The molecule has 0 saturated heterocycles. The molecule has 2 amide bonds. The normalized spacial score (nSPS) is 14.5. The third-order valence-corrected chi connectivity index (χ3v) is 4.57. The zero-order chi connectivity index (χ0) is 17.8. The fourth-order valence-corrected chi connectivity index (χ4v) is 3.17. The topological polar surface area (TPSA) is 76.0 Å². The minimum absolute atomic E-state index is 0.206. The molecule has 2 aromatic rings. The van der Waals surface area contributed by atoms with Crippen molar-refractivity contribution in [1.82, 2.24) is 20.2 Å². The van der Waals surface area contributed by atoms with Gasteiger partial charge >= 0.3 is 0 Å². The van der Waals surface area contributed by atoms with Gasteiger partial charge in [0.1, 0.15) is 17.6 Å². The summed E-state index contributed by atoms with van der Waals surface area (Å²) < 4.78 is 2.11. The van der Waals surface area contributed by atoms with Gasteiger partial charge in [0.25, 0.3) is 5.91 Å². The second-order valence-electron chi connectivity index (χ2n) is 6.46. The number of aryl methyl sites for hydroxylation is 1. The molecule has 1 aromatic carbocycles. The van der Waals surface area contributed by atoms with E-state index < -0.39 is 6.04 Å². The lowest BCUT2D eigenvalue weighted by Gasteiger charge is -2.17. The Morgan fingerprint density at radius 3 is 2.76 bits per heavy atom. The van der Waals surface area contributed by atoms with Crippen molar-refractivity contribution in [2.75, 3.05) is 0 Å². The van der Waals surface area contributed by atoms with Crippen molar-refractivity contribution >= 4 is 11.8 Å². The molecule has 132 valence electrons. The maximum atomic E-state index is 12.6. The van der Waals surface area contributed by atoms with Crippen LogP contribution >= 0.6 is 0 Å². The average Bonchev–Trinajstić information content (AvgIpc) is 2.98. The first-order valence-corrected chi connectivity index (χ1v) is 8.74. The van der Waals surface area contributed by atoms with Gasteiger partial charge in [0, 0.05) is 13.1 Å². The Labute approximate surface area is 147 Å². The van der Waals surface area contributed by atoms with Crippen molar-refractivity contribution in [3.05, 3.63) is 53.1 Å². The van der Waals surface area contributed by atoms with Gasteiger partial charge < -0.3 is 15.2 Å². The number of carbonyl (C=O) groups excluding carboxylic acids is 2. The largest absolute Gasteiger partial charge is 0.350 e. The third-order valence-electron chi connectivity index (χ3n) is 4.57. The first-order valence-electron chi connectivity index (χ1n) is 8.74. The molecule has 0 fully saturated rings. The lowest BCUT2D eigenvalue weighted by Crippen LogP contribution is -2.44. The number of aromatic nitrogens is 2. The number of rotatable bonds is 5. The van der Waals surface area contributed by atoms with Gasteiger partial charge in [-0.05, 0) is 38.7 Å². The van der Waals surface area contributed by atoms with E-state index in [1.807, 2.05) is 37.3 Å². The Morgan fingerprint density at radius 2 is 2.00 bits per heavy atom. The molecule has 0 radical (unpaired) electrons. The molecular formula is C19H24N4O2. The van der Waals surface area contributed by atoms with Gasteiger partial charge in [0.05, 0.1) is 5.69 Å². The maximum Gasteiger partial charge on any atom is 0.272 e. The number of amides is 2. The van der Waals surface area contributed by atoms with Gasteiger partial charge in [-0.2, -0.15) is 0 Å². The van der Waals surface area contributed by atoms with Crippen LogP contribution in [0.5, 0.6) is 0 Å². The van der Waals surface area contributed by atoms with Gasteiger partial charge in [-0.3, -0.25) is 9.59 Å². The molecule has 2 heterocycles. The minimum Gasteiger partial charge on any atom is -0.350 e. The summed E-state index contributed by atoms with van der Waals surface area (Å²) in [4.78, 5) is 29.2. The van der Waals surface area contributed by atoms with Crippen LogP contribution in [0.4, 0.5) is 0 Å². The lowest BCUT2D eigenvalue weighted by molar-refractivity contribution is -0.122. The van der Waals surface area contributed by atoms with Crippen molar-refractivity contribution in [3.8, 4) is 0 Å². The van der Waals surface area contributed by atoms with E-state index in [9.17, 15) is 9.59 Å². The van der Waals surface area contributed by atoms with Crippen LogP contribution in [0, 0.1) is 6.92 Å². The SMILES string of the molecule is Cc1nc(C(=O)NC(C)C(=O)NCc2ccccc2)c2n1CCCC2. The molecule has 1 atom stereocenters. The number of imidazole rings is 1. The summed E-state index contributed by atoms with van der Waals surface area (Å²) in [5, 5.41) is 5.61. The van der Waals surface area contributed by atoms with Gasteiger partial charge in [0.15, 0.2) is 0 Å². The number of hydrogen-bond donors (Lipinski definition) is 2. The molecule has 0 spiro atoms. The highest BCUT2D eigenvalue weighted by Crippen LogP contribution is 2.20. The Bertz CT molecular complexity index is 767. The highest BCUT2D eigenvalue weighted by atomic mass is 16.2. The molecule has 1 aromatic heterocycles. The number of carbonyl (C=O) groups is 2. The van der Waals surface area contributed by atoms with E-state index in [-0.39, 0.29) is 11.8 Å². The molecule has 0 saturated carbocycles. The quantitative estimate of drug-likeness (QED) is 0.874. The van der Waals surface area contributed by atoms with E-state index in [0.29, 0.717) is 12.2 Å². The number of benzene rings is 1. The van der Waals surface area contributed by atoms with E-state index in [1.54, 1.807) is 6.92 Å². The van der Waals surface area contributed by atoms with Crippen LogP contribution in [0.25, 0.3) is 0 Å². The molecule has 0 bridgehead atoms. The van der Waals surface area contributed by atoms with Crippen LogP contribution in [-0.4, -0.2) is 27.4 Å². The predicted molar refractivity (Wildman–Crippen MR) is 95.1 cm³/mol. The summed E-state index contributed by atoms with van der Waals surface area (Å²) >= 11 is 0. The molecular weight excluding hydrogens is 316 g/mol. The summed E-state index contributed by atoms with van der Waals surface area (Å²) in [5.41, 5.74) is 2.46. The Morgan fingerprint density at radius 1 is 1.24 bits per heavy atom. The van der Waals surface area contributed by atoms with Crippen LogP contribution in [0.15, 0.2) is 30.3 Å². The fourth-order valence-electron chi connectivity index (χ4n) is 3.17. The van der Waals surface area contributed by atoms with Crippen molar-refractivity contribution < 1.29 is 9.59 Å². The molecule has 3 rings (SSSR count). The summed E-state index contributed by atoms with van der Waals surface area (Å²) in [5.74, 6) is 0.379. The van der Waals surface area contributed by atoms with Crippen LogP contribution < -0.4 is 10.6 Å². The molecule has 0 aliphatic carbocycles. The fraction of sp³-hybridized carbons (Fsp3) is 0.421. The van der Waals surface area contributed by atoms with Crippen molar-refractivity contribution in [2.24, 2.45) is 0 Å². The maximum absolute atomic E-state index is 12.6. The summed E-state index contributed by atoms with van der Waals surface area (Å²) in [7, 11) is 0. The Hall–Kier alpha value is -2.63. The summed E-state index contributed by atoms with van der Waals surface area (Å²) in [6.07, 6.45) is 3.04. The smallest absolute Gasteiger partial charge is 0.272 e. The van der Waals surface area contributed by atoms with Crippen LogP contribution in [0.2, 0.25) is 0 Å². The lowest BCUT2D eigenvalue weighted by atomic mass is 10.1. The van der Waals surface area contributed by atoms with Crippen LogP contribution in [-0.2, 0) is 24.3 Å². The molecule has 1 aliphatic rings. The van der Waals surface area contributed by atoms with Crippen molar-refractivity contribution in [3.63, 3.8) is 0 Å². The first kappa shape index (κ1) is 17.2. The van der Waals surface area contributed by atoms with E-state index in [2.05, 4.69) is 20.2 Å². The summed E-state index contributed by atoms with van der Waals surface area (Å²) in [6, 6.07) is 9.07. The predicted octanol–water partition coefficient (Wildman–Crippen LogP) is 1.96. The molecule has 6 nitrogen and oxygen atoms in total. The zero-order valence-corrected chi connectivity index (χ0v) is 14.7. The monoisotopic (exact) mass is 340 g/mol. The van der Waals surface area contributed by atoms with Crippen molar-refractivity contribution in [2.45, 2.75) is 52.2 Å². The number of hydrogen-bond acceptors (Lipinski definition) is 3. The molecule has 2 N–H and O–H groups in total. The number of nitrogens with one attached hydrogen (secondary N) is 2. The molecule has 6 heteroatoms. The highest BCUT2D eigenvalue weighted by Gasteiger charge is 2.25. The van der Waals surface area contributed by atoms with Crippen LogP contribution in [0.1, 0.15) is 47.3 Å². The van der Waals surface area contributed by atoms with Gasteiger partial charge in [-0.25, -0.2) is 4.98 Å². The Balaban J connectivity index is 1.60. The minimum atomic E-state index is -0.613. The summed E-state index contributed by atoms with van der Waals surface area (Å²) in [6.45, 7) is 4.96. The average molecular weight is 340 g/mol. The third kappa shape index (κ3) is 3.90. The Kier molecular flexibility index (Phi) is 5.16. The first-order chi connectivity index (χ1) is 12.1. The zero-order valence-electron chi connectivity index (χ0n) is 14.7. The van der Waals surface area contributed by atoms with E-state index in [1.165, 1.54) is 0 Å². The standard InChI is InChI=1S/C19H24N4O2/c1-13(18(24)20-12-15-8-4-3-5-9-15)21-19(25)17-16-10-6-7-11-23(16)14(2)22-17/h3-5,8-9,13H,6-7,10-12H2,1-2H3,(H,20,24)(H,21,25). The van der Waals surface area contributed by atoms with Crippen molar-refractivity contribution in [1.29, 1.82) is 0 Å². The van der Waals surface area contributed by atoms with E-state index in [4.69, 9.17) is 0 Å². The van der Waals surface area contributed by atoms with Crippen LogP contribution in [0.3, 0.4) is 0 Å². The molecule has 1 unspecified atom stereocenters. The van der Waals surface area contributed by atoms with E-state index in [0.717, 1.165) is 42.9 Å². The van der Waals surface area contributed by atoms with Gasteiger partial charge in [-0.1, -0.05) is 30.3 Å². The van der Waals surface area contributed by atoms with Gasteiger partial charge in [0.2, 0.25) is 5.91 Å². The van der Waals surface area contributed by atoms with E-state index >= 15 is 0 Å². The number of nitrogens with zero attached hydrogens (tertiary/aromatic N) is 2. The molecule has 1 aliphatic heterocycles. The second-order valence-corrected chi connectivity index (χ2v) is 6.46. The second kappa shape index (κ2) is 7.51. The number of fused-ring (bicyclic) bond motifs is 1.